The van der Waals surface area contributed by atoms with Crippen LogP contribution < -0.4 is 5.32 Å². The van der Waals surface area contributed by atoms with Gasteiger partial charge in [0.05, 0.1) is 18.8 Å². The molecule has 0 radical (unpaired) electrons. The van der Waals surface area contributed by atoms with E-state index >= 15 is 0 Å². The van der Waals surface area contributed by atoms with Gasteiger partial charge in [0.25, 0.3) is 0 Å². The highest BCUT2D eigenvalue weighted by Gasteiger charge is 2.37. The van der Waals surface area contributed by atoms with Gasteiger partial charge in [-0.15, -0.1) is 0 Å². The van der Waals surface area contributed by atoms with Crippen LogP contribution in [0.2, 0.25) is 0 Å². The molecular formula is C12H23FN2O3. The van der Waals surface area contributed by atoms with Crippen LogP contribution in [0.1, 0.15) is 27.2 Å². The number of piperazine rings is 1. The molecule has 0 aromatic heterocycles. The Kier molecular flexibility index (Phi) is 4.92. The first kappa shape index (κ1) is 15.2. The Morgan fingerprint density at radius 3 is 2.72 bits per heavy atom. The van der Waals surface area contributed by atoms with Crippen LogP contribution in [0.4, 0.5) is 9.18 Å². The molecule has 106 valence electrons. The smallest absolute Gasteiger partial charge is 0.410 e. The molecule has 1 saturated heterocycles. The number of amides is 1. The number of rotatable bonds is 3. The summed E-state index contributed by atoms with van der Waals surface area (Å²) in [5.74, 6) is 0. The Labute approximate surface area is 107 Å². The van der Waals surface area contributed by atoms with Crippen molar-refractivity contribution in [2.24, 2.45) is 0 Å². The van der Waals surface area contributed by atoms with Crippen LogP contribution in [-0.4, -0.2) is 60.2 Å². The lowest BCUT2D eigenvalue weighted by atomic mass is 9.94. The number of alkyl halides is 1. The molecule has 0 saturated carbocycles. The minimum atomic E-state index is -0.746. The summed E-state index contributed by atoms with van der Waals surface area (Å²) in [6.07, 6.45) is -0.233. The zero-order chi connectivity index (χ0) is 13.8. The molecule has 0 aromatic carbocycles. The lowest BCUT2D eigenvalue weighted by molar-refractivity contribution is 0.00336. The molecule has 0 aromatic rings. The number of hydrogen-bond donors (Lipinski definition) is 2. The number of nitrogens with one attached hydrogen (secondary N) is 1. The maximum atomic E-state index is 12.5. The van der Waals surface area contributed by atoms with Gasteiger partial charge in [0, 0.05) is 19.6 Å². The molecule has 1 unspecified atom stereocenters. The summed E-state index contributed by atoms with van der Waals surface area (Å²) >= 11 is 0. The Balaban J connectivity index is 2.65. The summed E-state index contributed by atoms with van der Waals surface area (Å²) in [5, 5.41) is 12.5. The van der Waals surface area contributed by atoms with E-state index in [9.17, 15) is 14.3 Å². The van der Waals surface area contributed by atoms with Crippen LogP contribution in [0.5, 0.6) is 0 Å². The van der Waals surface area contributed by atoms with E-state index in [1.807, 2.05) is 0 Å². The minimum Gasteiger partial charge on any atom is -0.444 e. The summed E-state index contributed by atoms with van der Waals surface area (Å²) in [6, 6.07) is 0. The number of carbonyl (C=O) groups is 1. The van der Waals surface area contributed by atoms with Crippen molar-refractivity contribution in [1.82, 2.24) is 10.2 Å². The zero-order valence-corrected chi connectivity index (χ0v) is 11.3. The van der Waals surface area contributed by atoms with Crippen molar-refractivity contribution in [1.29, 1.82) is 0 Å². The molecule has 6 heteroatoms. The molecule has 18 heavy (non-hydrogen) atoms. The molecule has 0 spiro atoms. The highest BCUT2D eigenvalue weighted by atomic mass is 19.1. The highest BCUT2D eigenvalue weighted by molar-refractivity contribution is 5.68. The molecule has 1 heterocycles. The molecule has 1 atom stereocenters. The lowest BCUT2D eigenvalue weighted by Gasteiger charge is -2.42. The number of nitrogens with zero attached hydrogens (tertiary/aromatic N) is 1. The third-order valence-electron chi connectivity index (χ3n) is 2.90. The van der Waals surface area contributed by atoms with Gasteiger partial charge in [0.1, 0.15) is 5.60 Å². The average Bonchev–Trinajstić information content (AvgIpc) is 2.27. The fourth-order valence-corrected chi connectivity index (χ4v) is 1.97. The topological polar surface area (TPSA) is 61.8 Å². The van der Waals surface area contributed by atoms with E-state index in [1.165, 1.54) is 4.90 Å². The predicted molar refractivity (Wildman–Crippen MR) is 66.2 cm³/mol. The Hall–Kier alpha value is -0.880. The van der Waals surface area contributed by atoms with Gasteiger partial charge in [0.15, 0.2) is 0 Å². The van der Waals surface area contributed by atoms with Crippen LogP contribution in [0.25, 0.3) is 0 Å². The molecule has 2 N–H and O–H groups in total. The summed E-state index contributed by atoms with van der Waals surface area (Å²) in [6.45, 7) is 5.97. The molecular weight excluding hydrogens is 239 g/mol. The summed E-state index contributed by atoms with van der Waals surface area (Å²) < 4.78 is 17.8. The van der Waals surface area contributed by atoms with Gasteiger partial charge in [-0.3, -0.25) is 4.39 Å². The van der Waals surface area contributed by atoms with Crippen LogP contribution >= 0.6 is 0 Å². The van der Waals surface area contributed by atoms with Gasteiger partial charge in [0.2, 0.25) is 0 Å². The summed E-state index contributed by atoms with van der Waals surface area (Å²) in [5.41, 5.74) is -1.30. The minimum absolute atomic E-state index is 0.183. The first-order valence-electron chi connectivity index (χ1n) is 6.22. The predicted octanol–water partition coefficient (Wildman–Crippen LogP) is 0.917. The molecule has 1 aliphatic rings. The SMILES string of the molecule is CC(C)(C)OC(=O)N1CCNC(CO)(CCF)C1. The Morgan fingerprint density at radius 1 is 1.56 bits per heavy atom. The second-order valence-corrected chi connectivity index (χ2v) is 5.71. The number of hydrogen-bond acceptors (Lipinski definition) is 4. The van der Waals surface area contributed by atoms with Gasteiger partial charge >= 0.3 is 6.09 Å². The van der Waals surface area contributed by atoms with E-state index in [4.69, 9.17) is 4.74 Å². The van der Waals surface area contributed by atoms with Crippen molar-refractivity contribution in [3.8, 4) is 0 Å². The third kappa shape index (κ3) is 4.10. The standard InChI is InChI=1S/C12H23FN2O3/c1-11(2,3)18-10(17)15-7-6-14-12(8-15,9-16)4-5-13/h14,16H,4-9H2,1-3H3. The molecule has 1 aliphatic heterocycles. The monoisotopic (exact) mass is 262 g/mol. The molecule has 1 amide bonds. The van der Waals surface area contributed by atoms with E-state index < -0.39 is 23.9 Å². The quantitative estimate of drug-likeness (QED) is 0.794. The number of ether oxygens (including phenoxy) is 1. The van der Waals surface area contributed by atoms with Crippen molar-refractivity contribution in [3.05, 3.63) is 0 Å². The molecule has 0 aliphatic carbocycles. The van der Waals surface area contributed by atoms with Crippen LogP contribution in [0.3, 0.4) is 0 Å². The van der Waals surface area contributed by atoms with Gasteiger partial charge < -0.3 is 20.1 Å². The number of aliphatic hydroxyl groups excluding tert-OH is 1. The molecule has 1 fully saturated rings. The normalized spacial score (nSPS) is 25.1. The van der Waals surface area contributed by atoms with E-state index in [-0.39, 0.29) is 19.6 Å². The van der Waals surface area contributed by atoms with E-state index in [2.05, 4.69) is 5.32 Å². The summed E-state index contributed by atoms with van der Waals surface area (Å²) in [7, 11) is 0. The molecule has 5 nitrogen and oxygen atoms in total. The van der Waals surface area contributed by atoms with Gasteiger partial charge in [-0.2, -0.15) is 0 Å². The maximum absolute atomic E-state index is 12.5. The second kappa shape index (κ2) is 5.84. The largest absolute Gasteiger partial charge is 0.444 e. The summed E-state index contributed by atoms with van der Waals surface area (Å²) in [4.78, 5) is 13.4. The van der Waals surface area contributed by atoms with E-state index in [0.717, 1.165) is 0 Å². The third-order valence-corrected chi connectivity index (χ3v) is 2.90. The lowest BCUT2D eigenvalue weighted by Crippen LogP contribution is -2.64. The van der Waals surface area contributed by atoms with E-state index in [1.54, 1.807) is 20.8 Å². The second-order valence-electron chi connectivity index (χ2n) is 5.71. The van der Waals surface area contributed by atoms with Crippen molar-refractivity contribution in [2.75, 3.05) is 32.9 Å². The average molecular weight is 262 g/mol. The number of halogens is 1. The molecule has 0 bridgehead atoms. The Bertz CT molecular complexity index is 290. The molecule has 1 rings (SSSR count). The van der Waals surface area contributed by atoms with Gasteiger partial charge in [-0.1, -0.05) is 0 Å². The first-order chi connectivity index (χ1) is 8.32. The highest BCUT2D eigenvalue weighted by Crippen LogP contribution is 2.18. The van der Waals surface area contributed by atoms with Gasteiger partial charge in [-0.25, -0.2) is 4.79 Å². The van der Waals surface area contributed by atoms with Crippen LogP contribution in [-0.2, 0) is 4.74 Å². The van der Waals surface area contributed by atoms with Crippen molar-refractivity contribution in [2.45, 2.75) is 38.3 Å². The van der Waals surface area contributed by atoms with Crippen molar-refractivity contribution < 1.29 is 19.0 Å². The van der Waals surface area contributed by atoms with Crippen molar-refractivity contribution >= 4 is 6.09 Å². The van der Waals surface area contributed by atoms with Crippen LogP contribution in [0.15, 0.2) is 0 Å². The van der Waals surface area contributed by atoms with E-state index in [0.29, 0.717) is 13.1 Å². The van der Waals surface area contributed by atoms with Crippen molar-refractivity contribution in [3.63, 3.8) is 0 Å². The number of aliphatic hydroxyl groups is 1. The zero-order valence-electron chi connectivity index (χ0n) is 11.3. The maximum Gasteiger partial charge on any atom is 0.410 e. The fourth-order valence-electron chi connectivity index (χ4n) is 1.97. The van der Waals surface area contributed by atoms with Gasteiger partial charge in [-0.05, 0) is 27.2 Å². The first-order valence-corrected chi connectivity index (χ1v) is 6.22. The fraction of sp³-hybridized carbons (Fsp3) is 0.917. The number of carbonyl (C=O) groups excluding carboxylic acids is 1. The Morgan fingerprint density at radius 2 is 2.22 bits per heavy atom. The van der Waals surface area contributed by atoms with Crippen LogP contribution in [0, 0.1) is 0 Å².